The zero-order valence-corrected chi connectivity index (χ0v) is 14.9. The van der Waals surface area contributed by atoms with Crippen LogP contribution in [0.15, 0.2) is 22.7 Å². The van der Waals surface area contributed by atoms with E-state index >= 15 is 0 Å². The molecule has 0 aliphatic carbocycles. The van der Waals surface area contributed by atoms with E-state index in [9.17, 15) is 9.59 Å². The topological polar surface area (TPSA) is 67.9 Å². The molecule has 1 aromatic carbocycles. The smallest absolute Gasteiger partial charge is 0.328 e. The van der Waals surface area contributed by atoms with Gasteiger partial charge in [-0.2, -0.15) is 0 Å². The summed E-state index contributed by atoms with van der Waals surface area (Å²) in [6.45, 7) is 6.02. The molecule has 0 radical (unpaired) electrons. The van der Waals surface area contributed by atoms with Gasteiger partial charge in [0.25, 0.3) is 5.91 Å². The van der Waals surface area contributed by atoms with Gasteiger partial charge >= 0.3 is 5.97 Å². The van der Waals surface area contributed by atoms with Crippen LogP contribution in [0.3, 0.4) is 0 Å². The fraction of sp³-hybridized carbons (Fsp3) is 0.500. The normalized spacial score (nSPS) is 15.9. The predicted molar refractivity (Wildman–Crippen MR) is 90.6 cm³/mol. The summed E-state index contributed by atoms with van der Waals surface area (Å²) >= 11 is 3.39. The Morgan fingerprint density at radius 3 is 2.74 bits per heavy atom. The van der Waals surface area contributed by atoms with E-state index in [2.05, 4.69) is 21.2 Å². The first-order valence-corrected chi connectivity index (χ1v) is 8.42. The van der Waals surface area contributed by atoms with Crippen molar-refractivity contribution >= 4 is 33.5 Å². The number of hydrogen-bond donors (Lipinski definition) is 1. The molecule has 2 rings (SSSR count). The molecular weight excluding hydrogens is 364 g/mol. The van der Waals surface area contributed by atoms with Crippen LogP contribution in [0.25, 0.3) is 0 Å². The second kappa shape index (κ2) is 8.31. The van der Waals surface area contributed by atoms with Crippen LogP contribution in [0.1, 0.15) is 24.2 Å². The van der Waals surface area contributed by atoms with E-state index in [0.29, 0.717) is 44.2 Å². The SMILES string of the molecule is CCOC(=O)C(C)Nc1ccc(Br)cc1C(=O)N1CCOCC1. The average molecular weight is 385 g/mol. The number of rotatable bonds is 5. The Bertz CT molecular complexity index is 573. The first-order chi connectivity index (χ1) is 11.0. The van der Waals surface area contributed by atoms with E-state index in [-0.39, 0.29) is 11.9 Å². The van der Waals surface area contributed by atoms with Crippen molar-refractivity contribution in [2.24, 2.45) is 0 Å². The lowest BCUT2D eigenvalue weighted by molar-refractivity contribution is -0.143. The van der Waals surface area contributed by atoms with E-state index in [1.807, 2.05) is 6.07 Å². The summed E-state index contributed by atoms with van der Waals surface area (Å²) in [4.78, 5) is 26.3. The Morgan fingerprint density at radius 2 is 2.09 bits per heavy atom. The van der Waals surface area contributed by atoms with Crippen LogP contribution in [-0.4, -0.2) is 55.7 Å². The summed E-state index contributed by atoms with van der Waals surface area (Å²) in [5.74, 6) is -0.423. The number of morpholine rings is 1. The van der Waals surface area contributed by atoms with E-state index in [4.69, 9.17) is 9.47 Å². The van der Waals surface area contributed by atoms with Crippen molar-refractivity contribution in [3.8, 4) is 0 Å². The molecule has 0 spiro atoms. The third-order valence-electron chi connectivity index (χ3n) is 3.52. The van der Waals surface area contributed by atoms with Gasteiger partial charge in [0.2, 0.25) is 0 Å². The Labute approximate surface area is 144 Å². The molecule has 1 aliphatic heterocycles. The summed E-state index contributed by atoms with van der Waals surface area (Å²) in [5.41, 5.74) is 1.14. The third kappa shape index (κ3) is 4.68. The summed E-state index contributed by atoms with van der Waals surface area (Å²) in [5, 5.41) is 3.07. The van der Waals surface area contributed by atoms with Crippen LogP contribution < -0.4 is 5.32 Å². The second-order valence-electron chi connectivity index (χ2n) is 5.21. The number of carbonyl (C=O) groups excluding carboxylic acids is 2. The molecule has 1 aromatic rings. The summed E-state index contributed by atoms with van der Waals surface area (Å²) < 4.78 is 11.1. The molecule has 0 bridgehead atoms. The monoisotopic (exact) mass is 384 g/mol. The molecule has 0 aromatic heterocycles. The molecule has 1 saturated heterocycles. The highest BCUT2D eigenvalue weighted by Crippen LogP contribution is 2.24. The molecule has 126 valence electrons. The predicted octanol–water partition coefficient (Wildman–Crippen LogP) is 2.29. The molecule has 1 fully saturated rings. The van der Waals surface area contributed by atoms with Crippen molar-refractivity contribution in [3.63, 3.8) is 0 Å². The van der Waals surface area contributed by atoms with Gasteiger partial charge in [0.15, 0.2) is 0 Å². The van der Waals surface area contributed by atoms with Gasteiger partial charge in [-0.3, -0.25) is 4.79 Å². The zero-order chi connectivity index (χ0) is 16.8. The van der Waals surface area contributed by atoms with Crippen molar-refractivity contribution in [1.29, 1.82) is 0 Å². The Kier molecular flexibility index (Phi) is 6.41. The van der Waals surface area contributed by atoms with Crippen LogP contribution >= 0.6 is 15.9 Å². The van der Waals surface area contributed by atoms with E-state index in [1.54, 1.807) is 30.9 Å². The minimum Gasteiger partial charge on any atom is -0.464 e. The largest absolute Gasteiger partial charge is 0.464 e. The summed E-state index contributed by atoms with van der Waals surface area (Å²) in [7, 11) is 0. The Hall–Kier alpha value is -1.60. The molecule has 1 atom stereocenters. The third-order valence-corrected chi connectivity index (χ3v) is 4.02. The number of ether oxygens (including phenoxy) is 2. The lowest BCUT2D eigenvalue weighted by atomic mass is 10.1. The van der Waals surface area contributed by atoms with Crippen molar-refractivity contribution in [2.75, 3.05) is 38.2 Å². The van der Waals surface area contributed by atoms with E-state index in [1.165, 1.54) is 0 Å². The molecule has 23 heavy (non-hydrogen) atoms. The molecular formula is C16H21BrN2O4. The summed E-state index contributed by atoms with van der Waals surface area (Å²) in [6, 6.07) is 4.84. The highest BCUT2D eigenvalue weighted by Gasteiger charge is 2.23. The lowest BCUT2D eigenvalue weighted by Crippen LogP contribution is -2.41. The number of halogens is 1. The number of hydrogen-bond acceptors (Lipinski definition) is 5. The zero-order valence-electron chi connectivity index (χ0n) is 13.3. The van der Waals surface area contributed by atoms with E-state index < -0.39 is 6.04 Å². The molecule has 7 heteroatoms. The van der Waals surface area contributed by atoms with Crippen molar-refractivity contribution in [1.82, 2.24) is 4.90 Å². The fourth-order valence-corrected chi connectivity index (χ4v) is 2.68. The quantitative estimate of drug-likeness (QED) is 0.788. The van der Waals surface area contributed by atoms with Crippen molar-refractivity contribution in [3.05, 3.63) is 28.2 Å². The van der Waals surface area contributed by atoms with Gasteiger partial charge in [0, 0.05) is 23.2 Å². The maximum Gasteiger partial charge on any atom is 0.328 e. The molecule has 6 nitrogen and oxygen atoms in total. The van der Waals surface area contributed by atoms with E-state index in [0.717, 1.165) is 4.47 Å². The van der Waals surface area contributed by atoms with Crippen LogP contribution in [0.4, 0.5) is 5.69 Å². The number of amides is 1. The number of esters is 1. The number of anilines is 1. The van der Waals surface area contributed by atoms with Crippen LogP contribution in [0.2, 0.25) is 0 Å². The number of benzene rings is 1. The maximum absolute atomic E-state index is 12.7. The van der Waals surface area contributed by atoms with Crippen molar-refractivity contribution in [2.45, 2.75) is 19.9 Å². The maximum atomic E-state index is 12.7. The van der Waals surface area contributed by atoms with Gasteiger partial charge in [-0.15, -0.1) is 0 Å². The first kappa shape index (κ1) is 17.7. The molecule has 1 amide bonds. The summed E-state index contributed by atoms with van der Waals surface area (Å²) in [6.07, 6.45) is 0. The van der Waals surface area contributed by atoms with Gasteiger partial charge in [-0.1, -0.05) is 15.9 Å². The molecule has 1 heterocycles. The minimum atomic E-state index is -0.535. The first-order valence-electron chi connectivity index (χ1n) is 7.62. The highest BCUT2D eigenvalue weighted by atomic mass is 79.9. The van der Waals surface area contributed by atoms with Crippen molar-refractivity contribution < 1.29 is 19.1 Å². The van der Waals surface area contributed by atoms with Gasteiger partial charge < -0.3 is 19.7 Å². The standard InChI is InChI=1S/C16H21BrN2O4/c1-3-23-16(21)11(2)18-14-5-4-12(17)10-13(14)15(20)19-6-8-22-9-7-19/h4-5,10-11,18H,3,6-9H2,1-2H3. The van der Waals surface area contributed by atoms with Gasteiger partial charge in [-0.25, -0.2) is 4.79 Å². The van der Waals surface area contributed by atoms with Crippen LogP contribution in [-0.2, 0) is 14.3 Å². The highest BCUT2D eigenvalue weighted by molar-refractivity contribution is 9.10. The number of nitrogens with zero attached hydrogens (tertiary/aromatic N) is 1. The van der Waals surface area contributed by atoms with Gasteiger partial charge in [0.05, 0.1) is 25.4 Å². The lowest BCUT2D eigenvalue weighted by Gasteiger charge is -2.28. The average Bonchev–Trinajstić information content (AvgIpc) is 2.56. The molecule has 1 aliphatic rings. The van der Waals surface area contributed by atoms with Crippen LogP contribution in [0.5, 0.6) is 0 Å². The Balaban J connectivity index is 2.19. The molecule has 1 unspecified atom stereocenters. The van der Waals surface area contributed by atoms with Gasteiger partial charge in [-0.05, 0) is 32.0 Å². The Morgan fingerprint density at radius 1 is 1.39 bits per heavy atom. The van der Waals surface area contributed by atoms with Crippen LogP contribution in [0, 0.1) is 0 Å². The fourth-order valence-electron chi connectivity index (χ4n) is 2.32. The molecule has 1 N–H and O–H groups in total. The second-order valence-corrected chi connectivity index (χ2v) is 6.13. The van der Waals surface area contributed by atoms with Gasteiger partial charge in [0.1, 0.15) is 6.04 Å². The minimum absolute atomic E-state index is 0.0758. The number of carbonyl (C=O) groups is 2. The number of nitrogens with one attached hydrogen (secondary N) is 1. The molecule has 0 saturated carbocycles.